The summed E-state index contributed by atoms with van der Waals surface area (Å²) in [6.45, 7) is 0. The first-order chi connectivity index (χ1) is 32.8. The lowest BCUT2D eigenvalue weighted by Gasteiger charge is -2.17. The predicted molar refractivity (Wildman–Crippen MR) is 229 cm³/mol. The second kappa shape index (κ2) is 13.0. The Labute approximate surface area is 339 Å². The molecule has 0 radical (unpaired) electrons. The van der Waals surface area contributed by atoms with E-state index in [4.69, 9.17) is 30.3 Å². The minimum Gasteiger partial charge on any atom is -0.456 e. The maximum Gasteiger partial charge on any atom is 0.164 e. The first kappa shape index (κ1) is 21.9. The van der Waals surface area contributed by atoms with Crippen LogP contribution in [0.2, 0.25) is 0 Å². The Morgan fingerprint density at radius 1 is 0.429 bits per heavy atom. The molecule has 0 spiro atoms. The third-order valence-corrected chi connectivity index (χ3v) is 9.85. The second-order valence-electron chi connectivity index (χ2n) is 13.1. The van der Waals surface area contributed by atoms with Crippen LogP contribution in [0.25, 0.3) is 106 Å². The SMILES string of the molecule is [2H]c1c([2H])c([2H])c(-c2c([2H])c([2H])c([2H])c3c4c([2H])c([2H])c([2H])c([2H])c4n(-c4ccc(-c5nc(-c6ccccc6)nc(-c6cccc7oc8ccccc8c67)n5)cc4-c4ccccc4)c23)c([2H])c1[2H]. The zero-order valence-corrected chi connectivity index (χ0v) is 29.2. The normalized spacial score (nSPS) is 14.6. The van der Waals surface area contributed by atoms with Gasteiger partial charge in [-0.3, -0.25) is 0 Å². The molecule has 0 fully saturated rings. The number of hydrogen-bond acceptors (Lipinski definition) is 4. The van der Waals surface area contributed by atoms with Crippen molar-refractivity contribution in [1.82, 2.24) is 19.5 Å². The highest BCUT2D eigenvalue weighted by atomic mass is 16.3. The first-order valence-corrected chi connectivity index (χ1v) is 17.8. The molecule has 0 atom stereocenters. The van der Waals surface area contributed by atoms with Gasteiger partial charge in [0.15, 0.2) is 17.5 Å². The zero-order valence-electron chi connectivity index (χ0n) is 41.2. The van der Waals surface area contributed by atoms with Gasteiger partial charge in [-0.1, -0.05) is 157 Å². The monoisotopic (exact) mass is 728 g/mol. The maximum absolute atomic E-state index is 9.38. The topological polar surface area (TPSA) is 56.7 Å². The summed E-state index contributed by atoms with van der Waals surface area (Å²) in [5, 5.41) is 1.40. The van der Waals surface area contributed by atoms with Crippen molar-refractivity contribution >= 4 is 43.7 Å². The minimum absolute atomic E-state index is 0.114. The van der Waals surface area contributed by atoms with E-state index in [0.717, 1.165) is 16.3 Å². The molecule has 11 aromatic rings. The smallest absolute Gasteiger partial charge is 0.164 e. The Kier molecular flexibility index (Phi) is 5.10. The average Bonchev–Trinajstić information content (AvgIpc) is 3.94. The summed E-state index contributed by atoms with van der Waals surface area (Å²) < 4.78 is 115. The van der Waals surface area contributed by atoms with E-state index in [1.807, 2.05) is 109 Å². The number of furan rings is 1. The number of nitrogens with zero attached hydrogens (tertiary/aromatic N) is 4. The van der Waals surface area contributed by atoms with Crippen LogP contribution in [0.1, 0.15) is 16.4 Å². The molecule has 3 heterocycles. The number of para-hydroxylation sites is 3. The molecular formula is C51H32N4O. The Morgan fingerprint density at radius 2 is 1.11 bits per heavy atom. The molecule has 5 nitrogen and oxygen atoms in total. The van der Waals surface area contributed by atoms with Crippen molar-refractivity contribution in [3.63, 3.8) is 0 Å². The van der Waals surface area contributed by atoms with Gasteiger partial charge in [0.25, 0.3) is 0 Å². The highest BCUT2D eigenvalue weighted by molar-refractivity contribution is 6.14. The second-order valence-corrected chi connectivity index (χ2v) is 13.1. The van der Waals surface area contributed by atoms with Crippen LogP contribution < -0.4 is 0 Å². The summed E-state index contributed by atoms with van der Waals surface area (Å²) in [4.78, 5) is 15.1. The molecule has 0 N–H and O–H groups in total. The van der Waals surface area contributed by atoms with Gasteiger partial charge >= 0.3 is 0 Å². The molecule has 5 heteroatoms. The Morgan fingerprint density at radius 3 is 1.95 bits per heavy atom. The molecular weight excluding hydrogens is 685 g/mol. The molecule has 0 aliphatic carbocycles. The Balaban J connectivity index is 1.27. The van der Waals surface area contributed by atoms with Gasteiger partial charge < -0.3 is 8.98 Å². The number of rotatable bonds is 6. The van der Waals surface area contributed by atoms with Crippen LogP contribution in [-0.2, 0) is 0 Å². The fourth-order valence-electron chi connectivity index (χ4n) is 7.39. The van der Waals surface area contributed by atoms with E-state index < -0.39 is 78.1 Å². The molecule has 0 bridgehead atoms. The van der Waals surface area contributed by atoms with Gasteiger partial charge in [0.05, 0.1) is 33.2 Å². The van der Waals surface area contributed by atoms with Crippen LogP contribution in [0.5, 0.6) is 0 Å². The number of fused-ring (bicyclic) bond motifs is 6. The van der Waals surface area contributed by atoms with Gasteiger partial charge in [-0.05, 0) is 47.5 Å². The third kappa shape index (κ3) is 5.21. The summed E-state index contributed by atoms with van der Waals surface area (Å²) in [6, 6.07) is 29.8. The van der Waals surface area contributed by atoms with Crippen LogP contribution in [-0.4, -0.2) is 19.5 Å². The summed E-state index contributed by atoms with van der Waals surface area (Å²) >= 11 is 0. The van der Waals surface area contributed by atoms with E-state index in [2.05, 4.69) is 0 Å². The molecule has 56 heavy (non-hydrogen) atoms. The van der Waals surface area contributed by atoms with E-state index >= 15 is 0 Å². The van der Waals surface area contributed by atoms with Crippen LogP contribution in [0.4, 0.5) is 0 Å². The quantitative estimate of drug-likeness (QED) is 0.171. The fraction of sp³-hybridized carbons (Fsp3) is 0. The van der Waals surface area contributed by atoms with Gasteiger partial charge in [0, 0.05) is 49.4 Å². The molecule has 0 saturated heterocycles. The Hall–Kier alpha value is -7.63. The van der Waals surface area contributed by atoms with E-state index in [1.165, 1.54) is 4.57 Å². The molecule has 262 valence electrons. The minimum atomic E-state index is -0.694. The lowest BCUT2D eigenvalue weighted by Crippen LogP contribution is -2.02. The van der Waals surface area contributed by atoms with Crippen molar-refractivity contribution in [2.75, 3.05) is 0 Å². The zero-order chi connectivity index (χ0) is 47.4. The van der Waals surface area contributed by atoms with E-state index in [1.54, 1.807) is 12.1 Å². The highest BCUT2D eigenvalue weighted by Crippen LogP contribution is 2.42. The van der Waals surface area contributed by atoms with Crippen LogP contribution in [0, 0.1) is 0 Å². The van der Waals surface area contributed by atoms with Crippen molar-refractivity contribution < 1.29 is 20.9 Å². The van der Waals surface area contributed by atoms with Crippen LogP contribution in [0.15, 0.2) is 198 Å². The highest BCUT2D eigenvalue weighted by Gasteiger charge is 2.22. The maximum atomic E-state index is 9.38. The predicted octanol–water partition coefficient (Wildman–Crippen LogP) is 13.2. The van der Waals surface area contributed by atoms with Crippen molar-refractivity contribution in [3.05, 3.63) is 194 Å². The molecule has 0 amide bonds. The molecule has 0 unspecified atom stereocenters. The van der Waals surface area contributed by atoms with E-state index in [9.17, 15) is 5.48 Å². The first-order valence-electron chi connectivity index (χ1n) is 23.8. The van der Waals surface area contributed by atoms with Gasteiger partial charge in [-0.25, -0.2) is 15.0 Å². The summed E-state index contributed by atoms with van der Waals surface area (Å²) in [7, 11) is 0. The largest absolute Gasteiger partial charge is 0.456 e. The standard InChI is InChI=1S/C51H32N4O/c1-4-16-33(17-5-1)37-24-14-25-39-38-22-10-12-27-43(38)55(48(37)39)44-31-30-36(32-42(44)34-18-6-2-7-19-34)50-52-49(35-20-8-3-9-21-35)53-51(54-50)41-26-15-29-46-47(41)40-23-11-13-28-45(40)56-46/h1-32H/i1D,4D,5D,10D,12D,14D,16D,17D,22D,24D,25D,27D. The van der Waals surface area contributed by atoms with Crippen LogP contribution >= 0.6 is 0 Å². The number of aromatic nitrogens is 4. The summed E-state index contributed by atoms with van der Waals surface area (Å²) in [5.41, 5.74) is 3.72. The Bertz CT molecular complexity index is 3920. The van der Waals surface area contributed by atoms with E-state index in [0.29, 0.717) is 45.1 Å². The number of benzene rings is 8. The van der Waals surface area contributed by atoms with Crippen molar-refractivity contribution in [3.8, 4) is 62.1 Å². The van der Waals surface area contributed by atoms with Crippen molar-refractivity contribution in [1.29, 1.82) is 0 Å². The molecule has 0 aliphatic heterocycles. The molecule has 11 rings (SSSR count). The van der Waals surface area contributed by atoms with Gasteiger partial charge in [0.2, 0.25) is 0 Å². The summed E-state index contributed by atoms with van der Waals surface area (Å²) in [6.07, 6.45) is 0. The van der Waals surface area contributed by atoms with Gasteiger partial charge in [-0.15, -0.1) is 0 Å². The lowest BCUT2D eigenvalue weighted by molar-refractivity contribution is 0.669. The molecule has 8 aromatic carbocycles. The number of hydrogen-bond donors (Lipinski definition) is 0. The van der Waals surface area contributed by atoms with Gasteiger partial charge in [-0.2, -0.15) is 0 Å². The fourth-order valence-corrected chi connectivity index (χ4v) is 7.39. The van der Waals surface area contributed by atoms with Crippen molar-refractivity contribution in [2.45, 2.75) is 0 Å². The molecule has 3 aromatic heterocycles. The summed E-state index contributed by atoms with van der Waals surface area (Å²) in [5.74, 6) is 1.04. The molecule has 0 saturated carbocycles. The van der Waals surface area contributed by atoms with E-state index in [-0.39, 0.29) is 38.9 Å². The average molecular weight is 729 g/mol. The van der Waals surface area contributed by atoms with Crippen LogP contribution in [0.3, 0.4) is 0 Å². The van der Waals surface area contributed by atoms with Crippen molar-refractivity contribution in [2.24, 2.45) is 0 Å². The van der Waals surface area contributed by atoms with Gasteiger partial charge in [0.1, 0.15) is 11.2 Å². The lowest BCUT2D eigenvalue weighted by atomic mass is 9.99. The third-order valence-electron chi connectivity index (χ3n) is 9.85. The molecule has 0 aliphatic rings.